The number of para-hydroxylation sites is 1. The van der Waals surface area contributed by atoms with Gasteiger partial charge in [0.15, 0.2) is 0 Å². The highest BCUT2D eigenvalue weighted by atomic mass is 35.5. The molecule has 0 aliphatic heterocycles. The predicted octanol–water partition coefficient (Wildman–Crippen LogP) is 8.82. The summed E-state index contributed by atoms with van der Waals surface area (Å²) in [6.45, 7) is 9.03. The first kappa shape index (κ1) is 33.3. The number of nitrogens with zero attached hydrogens (tertiary/aromatic N) is 2. The molecule has 0 radical (unpaired) electrons. The average molecular weight is 641 g/mol. The van der Waals surface area contributed by atoms with E-state index in [2.05, 4.69) is 37.1 Å². The second-order valence-corrected chi connectivity index (χ2v) is 13.7. The third kappa shape index (κ3) is 8.54. The van der Waals surface area contributed by atoms with Crippen LogP contribution < -0.4 is 5.32 Å². The number of phenols is 1. The van der Waals surface area contributed by atoms with Crippen LogP contribution in [0.5, 0.6) is 5.75 Å². The van der Waals surface area contributed by atoms with Crippen molar-refractivity contribution in [1.82, 2.24) is 10.2 Å². The largest absolute Gasteiger partial charge is 0.507 e. The molecule has 2 aromatic carbocycles. The molecule has 0 bridgehead atoms. The molecule has 0 saturated heterocycles. The molecule has 230 valence electrons. The van der Waals surface area contributed by atoms with E-state index in [4.69, 9.17) is 23.2 Å². The van der Waals surface area contributed by atoms with Crippen molar-refractivity contribution >= 4 is 40.4 Å². The summed E-state index contributed by atoms with van der Waals surface area (Å²) >= 11 is 14.6. The third-order valence-electron chi connectivity index (χ3n) is 9.03. The zero-order chi connectivity index (χ0) is 30.9. The molecular formula is C35H43Cl2N3O2S. The Morgan fingerprint density at radius 3 is 2.56 bits per heavy atom. The Bertz CT molecular complexity index is 1430. The predicted molar refractivity (Wildman–Crippen MR) is 178 cm³/mol. The minimum absolute atomic E-state index is 0.0103. The van der Waals surface area contributed by atoms with Crippen molar-refractivity contribution in [3.05, 3.63) is 84.5 Å². The summed E-state index contributed by atoms with van der Waals surface area (Å²) < 4.78 is 0. The molecule has 3 aromatic rings. The second kappa shape index (κ2) is 16.0. The summed E-state index contributed by atoms with van der Waals surface area (Å²) in [5.41, 5.74) is 3.51. The normalized spacial score (nSPS) is 15.3. The van der Waals surface area contributed by atoms with Gasteiger partial charge in [-0.15, -0.1) is 11.3 Å². The molecule has 1 aliphatic rings. The van der Waals surface area contributed by atoms with Gasteiger partial charge < -0.3 is 10.4 Å². The molecule has 0 fully saturated rings. The molecule has 2 N–H and O–H groups in total. The number of nitrogens with one attached hydrogen (secondary N) is 1. The Hall–Kier alpha value is -2.56. The number of carbonyl (C=O) groups is 1. The number of hydrogen-bond donors (Lipinski definition) is 2. The Kier molecular flexibility index (Phi) is 12.4. The monoisotopic (exact) mass is 639 g/mol. The number of benzene rings is 2. The molecule has 5 nitrogen and oxygen atoms in total. The fraction of sp³-hybridized carbons (Fsp3) is 0.486. The van der Waals surface area contributed by atoms with E-state index >= 15 is 0 Å². The first-order valence-electron chi connectivity index (χ1n) is 15.5. The van der Waals surface area contributed by atoms with Crippen molar-refractivity contribution in [2.45, 2.75) is 84.7 Å². The number of nitriles is 1. The Labute approximate surface area is 270 Å². The van der Waals surface area contributed by atoms with Gasteiger partial charge in [-0.25, -0.2) is 0 Å². The van der Waals surface area contributed by atoms with Gasteiger partial charge >= 0.3 is 0 Å². The van der Waals surface area contributed by atoms with Crippen LogP contribution >= 0.6 is 34.5 Å². The van der Waals surface area contributed by atoms with Crippen LogP contribution in [0.2, 0.25) is 10.0 Å². The number of fused-ring (bicyclic) bond motifs is 1. The lowest BCUT2D eigenvalue weighted by atomic mass is 9.89. The van der Waals surface area contributed by atoms with Crippen LogP contribution in [-0.4, -0.2) is 35.0 Å². The van der Waals surface area contributed by atoms with E-state index in [0.717, 1.165) is 75.6 Å². The van der Waals surface area contributed by atoms with E-state index in [9.17, 15) is 15.2 Å². The lowest BCUT2D eigenvalue weighted by Gasteiger charge is -2.36. The second-order valence-electron chi connectivity index (χ2n) is 11.7. The van der Waals surface area contributed by atoms with E-state index in [1.165, 1.54) is 21.4 Å². The lowest BCUT2D eigenvalue weighted by molar-refractivity contribution is 0.0943. The van der Waals surface area contributed by atoms with E-state index < -0.39 is 0 Å². The fourth-order valence-corrected chi connectivity index (χ4v) is 7.98. The lowest BCUT2D eigenvalue weighted by Crippen LogP contribution is -2.41. The molecule has 1 aliphatic carbocycles. The molecule has 4 rings (SSSR count). The first-order valence-corrected chi connectivity index (χ1v) is 17.1. The number of thiophene rings is 1. The molecule has 43 heavy (non-hydrogen) atoms. The molecule has 2 atom stereocenters. The summed E-state index contributed by atoms with van der Waals surface area (Å²) in [4.78, 5) is 17.7. The Balaban J connectivity index is 1.44. The van der Waals surface area contributed by atoms with Gasteiger partial charge in [0, 0.05) is 45.5 Å². The highest BCUT2D eigenvalue weighted by Crippen LogP contribution is 2.38. The summed E-state index contributed by atoms with van der Waals surface area (Å²) in [6.07, 6.45) is 7.83. The summed E-state index contributed by atoms with van der Waals surface area (Å²) in [6, 6.07) is 15.3. The standard InChI is InChI=1S/C35H43Cl2N3O2S/c1-4-23(5-2)21-40(22-25-12-13-26(36)17-31(25)37)27-14-15-28-30(19-38)33(43-34(28)18-27)16-11-24(6-3)20-39-35(42)29-9-7-8-10-32(29)41/h7-10,12-13,17,23-24,27,41H,4-6,11,14-16,18,20-22H2,1-3H3,(H,39,42). The molecular weight excluding hydrogens is 597 g/mol. The maximum absolute atomic E-state index is 12.6. The maximum Gasteiger partial charge on any atom is 0.255 e. The van der Waals surface area contributed by atoms with Crippen LogP contribution in [0.1, 0.15) is 89.7 Å². The van der Waals surface area contributed by atoms with Gasteiger partial charge in [-0.1, -0.05) is 81.4 Å². The highest BCUT2D eigenvalue weighted by Gasteiger charge is 2.30. The summed E-state index contributed by atoms with van der Waals surface area (Å²) in [7, 11) is 0. The fourth-order valence-electron chi connectivity index (χ4n) is 6.12. The van der Waals surface area contributed by atoms with Gasteiger partial charge in [0.25, 0.3) is 5.91 Å². The van der Waals surface area contributed by atoms with Gasteiger partial charge in [0.05, 0.1) is 11.1 Å². The van der Waals surface area contributed by atoms with Crippen LogP contribution in [0.25, 0.3) is 0 Å². The van der Waals surface area contributed by atoms with Gasteiger partial charge in [-0.3, -0.25) is 9.69 Å². The van der Waals surface area contributed by atoms with Crippen LogP contribution in [0.3, 0.4) is 0 Å². The maximum atomic E-state index is 12.6. The Morgan fingerprint density at radius 1 is 1.14 bits per heavy atom. The van der Waals surface area contributed by atoms with Gasteiger partial charge in [0.1, 0.15) is 11.8 Å². The average Bonchev–Trinajstić information content (AvgIpc) is 3.37. The van der Waals surface area contributed by atoms with Crippen LogP contribution in [0.4, 0.5) is 0 Å². The number of hydrogen-bond acceptors (Lipinski definition) is 5. The topological polar surface area (TPSA) is 76.4 Å². The number of aryl methyl sites for hydroxylation is 1. The molecule has 0 saturated carbocycles. The van der Waals surface area contributed by atoms with Crippen molar-refractivity contribution < 1.29 is 9.90 Å². The zero-order valence-electron chi connectivity index (χ0n) is 25.5. The minimum atomic E-state index is -0.260. The molecule has 8 heteroatoms. The number of amides is 1. The van der Waals surface area contributed by atoms with Gasteiger partial charge in [-0.05, 0) is 79.3 Å². The van der Waals surface area contributed by atoms with E-state index in [0.29, 0.717) is 34.1 Å². The number of halogens is 2. The van der Waals surface area contributed by atoms with Crippen LogP contribution in [0.15, 0.2) is 42.5 Å². The highest BCUT2D eigenvalue weighted by molar-refractivity contribution is 7.12. The van der Waals surface area contributed by atoms with Crippen molar-refractivity contribution in [2.24, 2.45) is 11.8 Å². The summed E-state index contributed by atoms with van der Waals surface area (Å²) in [5, 5.41) is 24.5. The number of phenolic OH excluding ortho intramolecular Hbond substituents is 1. The van der Waals surface area contributed by atoms with Crippen molar-refractivity contribution in [2.75, 3.05) is 13.1 Å². The molecule has 1 aromatic heterocycles. The van der Waals surface area contributed by atoms with E-state index in [-0.39, 0.29) is 17.6 Å². The van der Waals surface area contributed by atoms with Crippen LogP contribution in [-0.2, 0) is 25.8 Å². The van der Waals surface area contributed by atoms with E-state index in [1.807, 2.05) is 29.5 Å². The Morgan fingerprint density at radius 2 is 1.88 bits per heavy atom. The zero-order valence-corrected chi connectivity index (χ0v) is 27.8. The quantitative estimate of drug-likeness (QED) is 0.185. The summed E-state index contributed by atoms with van der Waals surface area (Å²) in [5.74, 6) is 0.639. The van der Waals surface area contributed by atoms with E-state index in [1.54, 1.807) is 18.2 Å². The van der Waals surface area contributed by atoms with Crippen LogP contribution in [0, 0.1) is 23.2 Å². The van der Waals surface area contributed by atoms with Gasteiger partial charge in [-0.2, -0.15) is 5.26 Å². The minimum Gasteiger partial charge on any atom is -0.507 e. The first-order chi connectivity index (χ1) is 20.8. The van der Waals surface area contributed by atoms with Gasteiger partial charge in [0.2, 0.25) is 0 Å². The number of rotatable bonds is 14. The van der Waals surface area contributed by atoms with Crippen molar-refractivity contribution in [1.29, 1.82) is 5.26 Å². The molecule has 1 amide bonds. The molecule has 1 heterocycles. The third-order valence-corrected chi connectivity index (χ3v) is 10.9. The molecule has 2 unspecified atom stereocenters. The van der Waals surface area contributed by atoms with Crippen molar-refractivity contribution in [3.63, 3.8) is 0 Å². The van der Waals surface area contributed by atoms with Crippen molar-refractivity contribution in [3.8, 4) is 11.8 Å². The molecule has 0 spiro atoms. The number of carbonyl (C=O) groups excluding carboxylic acids is 1. The SMILES string of the molecule is CCC(CCc1sc2c(c1C#N)CCC(N(Cc1ccc(Cl)cc1Cl)CC(CC)CC)C2)CNC(=O)c1ccccc1O. The number of aromatic hydroxyl groups is 1. The smallest absolute Gasteiger partial charge is 0.255 e.